The molecular weight excluding hydrogens is 308 g/mol. The number of pyridine rings is 1. The highest BCUT2D eigenvalue weighted by Crippen LogP contribution is 2.28. The molecule has 6 heteroatoms. The maximum atomic E-state index is 12.2. The van der Waals surface area contributed by atoms with Crippen LogP contribution in [0.5, 0.6) is 11.5 Å². The Morgan fingerprint density at radius 2 is 1.83 bits per heavy atom. The van der Waals surface area contributed by atoms with Gasteiger partial charge in [0.2, 0.25) is 5.91 Å². The minimum absolute atomic E-state index is 0.0865. The molecule has 24 heavy (non-hydrogen) atoms. The lowest BCUT2D eigenvalue weighted by atomic mass is 10.1. The molecule has 2 rings (SSSR count). The van der Waals surface area contributed by atoms with Crippen LogP contribution in [0.2, 0.25) is 0 Å². The zero-order valence-corrected chi connectivity index (χ0v) is 14.0. The number of nitrogens with zero attached hydrogens (tertiary/aromatic N) is 1. The number of carbonyl (C=O) groups excluding carboxylic acids is 2. The van der Waals surface area contributed by atoms with E-state index >= 15 is 0 Å². The van der Waals surface area contributed by atoms with E-state index in [0.29, 0.717) is 22.9 Å². The minimum Gasteiger partial charge on any atom is -0.493 e. The van der Waals surface area contributed by atoms with Crippen LogP contribution in [0.4, 0.5) is 5.82 Å². The van der Waals surface area contributed by atoms with E-state index in [1.807, 2.05) is 13.0 Å². The van der Waals surface area contributed by atoms with E-state index in [9.17, 15) is 9.59 Å². The van der Waals surface area contributed by atoms with Crippen molar-refractivity contribution in [3.05, 3.63) is 47.7 Å². The number of ether oxygens (including phenoxy) is 2. The first-order chi connectivity index (χ1) is 11.5. The van der Waals surface area contributed by atoms with Crippen molar-refractivity contribution < 1.29 is 19.1 Å². The maximum absolute atomic E-state index is 12.2. The van der Waals surface area contributed by atoms with Gasteiger partial charge in [-0.2, -0.15) is 0 Å². The molecule has 1 amide bonds. The number of methoxy groups -OCH3 is 2. The molecule has 2 aromatic rings. The molecule has 0 fully saturated rings. The normalized spacial score (nSPS) is 10.1. The zero-order chi connectivity index (χ0) is 17.5. The van der Waals surface area contributed by atoms with Crippen LogP contribution in [0.15, 0.2) is 36.5 Å². The number of nitrogens with one attached hydrogen (secondary N) is 1. The monoisotopic (exact) mass is 328 g/mol. The fourth-order valence-corrected chi connectivity index (χ4v) is 2.19. The first-order valence-electron chi connectivity index (χ1n) is 7.52. The Balaban J connectivity index is 1.95. The second-order valence-electron chi connectivity index (χ2n) is 5.21. The summed E-state index contributed by atoms with van der Waals surface area (Å²) in [6.07, 6.45) is 1.80. The predicted molar refractivity (Wildman–Crippen MR) is 90.7 cm³/mol. The Kier molecular flexibility index (Phi) is 5.89. The smallest absolute Gasteiger partial charge is 0.225 e. The Morgan fingerprint density at radius 1 is 1.08 bits per heavy atom. The highest BCUT2D eigenvalue weighted by atomic mass is 16.5. The molecule has 126 valence electrons. The SMILES string of the molecule is COc1ccc(C(=O)CCC(=O)Nc2ncccc2C)cc1OC. The van der Waals surface area contributed by atoms with Crippen molar-refractivity contribution in [2.45, 2.75) is 19.8 Å². The fourth-order valence-electron chi connectivity index (χ4n) is 2.19. The third-order valence-corrected chi connectivity index (χ3v) is 3.55. The molecule has 0 radical (unpaired) electrons. The first kappa shape index (κ1) is 17.5. The average molecular weight is 328 g/mol. The number of benzene rings is 1. The van der Waals surface area contributed by atoms with E-state index < -0.39 is 0 Å². The largest absolute Gasteiger partial charge is 0.493 e. The lowest BCUT2D eigenvalue weighted by Gasteiger charge is -2.09. The number of carbonyl (C=O) groups is 2. The van der Waals surface area contributed by atoms with Crippen molar-refractivity contribution in [1.82, 2.24) is 4.98 Å². The van der Waals surface area contributed by atoms with Gasteiger partial charge < -0.3 is 14.8 Å². The summed E-state index contributed by atoms with van der Waals surface area (Å²) in [4.78, 5) is 28.3. The second-order valence-corrected chi connectivity index (χ2v) is 5.21. The molecule has 1 aromatic carbocycles. The molecule has 0 atom stereocenters. The summed E-state index contributed by atoms with van der Waals surface area (Å²) in [7, 11) is 3.04. The summed E-state index contributed by atoms with van der Waals surface area (Å²) in [6.45, 7) is 1.86. The molecule has 0 aliphatic carbocycles. The summed E-state index contributed by atoms with van der Waals surface area (Å²) in [5.41, 5.74) is 1.35. The van der Waals surface area contributed by atoms with Gasteiger partial charge in [-0.3, -0.25) is 9.59 Å². The Morgan fingerprint density at radius 3 is 2.50 bits per heavy atom. The van der Waals surface area contributed by atoms with Crippen molar-refractivity contribution in [3.8, 4) is 11.5 Å². The molecule has 0 aliphatic heterocycles. The van der Waals surface area contributed by atoms with Crippen molar-refractivity contribution in [2.24, 2.45) is 0 Å². The Labute approximate surface area is 140 Å². The molecule has 0 spiro atoms. The van der Waals surface area contributed by atoms with Crippen LogP contribution >= 0.6 is 0 Å². The molecule has 1 N–H and O–H groups in total. The molecule has 0 saturated carbocycles. The summed E-state index contributed by atoms with van der Waals surface area (Å²) < 4.78 is 10.3. The van der Waals surface area contributed by atoms with Crippen LogP contribution in [0.1, 0.15) is 28.8 Å². The molecule has 6 nitrogen and oxygen atoms in total. The van der Waals surface area contributed by atoms with Crippen LogP contribution in [-0.2, 0) is 4.79 Å². The standard InChI is InChI=1S/C18H20N2O4/c1-12-5-4-10-19-18(12)20-17(22)9-7-14(21)13-6-8-15(23-2)16(11-13)24-3/h4-6,8,10-11H,7,9H2,1-3H3,(H,19,20,22). The van der Waals surface area contributed by atoms with Crippen LogP contribution < -0.4 is 14.8 Å². The number of hydrogen-bond donors (Lipinski definition) is 1. The molecule has 0 bridgehead atoms. The van der Waals surface area contributed by atoms with Gasteiger partial charge in [-0.15, -0.1) is 0 Å². The third-order valence-electron chi connectivity index (χ3n) is 3.55. The van der Waals surface area contributed by atoms with E-state index in [0.717, 1.165) is 5.56 Å². The number of hydrogen-bond acceptors (Lipinski definition) is 5. The maximum Gasteiger partial charge on any atom is 0.225 e. The lowest BCUT2D eigenvalue weighted by molar-refractivity contribution is -0.116. The summed E-state index contributed by atoms with van der Waals surface area (Å²) >= 11 is 0. The molecule has 0 aliphatic rings. The number of aromatic nitrogens is 1. The van der Waals surface area contributed by atoms with Gasteiger partial charge >= 0.3 is 0 Å². The Bertz CT molecular complexity index is 744. The van der Waals surface area contributed by atoms with Crippen LogP contribution in [0.25, 0.3) is 0 Å². The molecule has 1 aromatic heterocycles. The predicted octanol–water partition coefficient (Wildman–Crippen LogP) is 3.01. The van der Waals surface area contributed by atoms with E-state index in [2.05, 4.69) is 10.3 Å². The van der Waals surface area contributed by atoms with Crippen molar-refractivity contribution in [2.75, 3.05) is 19.5 Å². The summed E-state index contributed by atoms with van der Waals surface area (Å²) in [6, 6.07) is 8.60. The second kappa shape index (κ2) is 8.10. The third kappa shape index (κ3) is 4.32. The van der Waals surface area contributed by atoms with Gasteiger partial charge in [0.05, 0.1) is 14.2 Å². The fraction of sp³-hybridized carbons (Fsp3) is 0.278. The number of Topliss-reactive ketones (excluding diaryl/α,β-unsaturated/α-hetero) is 1. The van der Waals surface area contributed by atoms with Gasteiger partial charge in [0.1, 0.15) is 5.82 Å². The van der Waals surface area contributed by atoms with Gasteiger partial charge in [0.15, 0.2) is 17.3 Å². The van der Waals surface area contributed by atoms with Crippen molar-refractivity contribution >= 4 is 17.5 Å². The van der Waals surface area contributed by atoms with Gasteiger partial charge in [0, 0.05) is 24.6 Å². The molecule has 1 heterocycles. The molecule has 0 saturated heterocycles. The van der Waals surface area contributed by atoms with E-state index in [1.165, 1.54) is 14.2 Å². The first-order valence-corrected chi connectivity index (χ1v) is 7.52. The van der Waals surface area contributed by atoms with Crippen LogP contribution in [-0.4, -0.2) is 30.9 Å². The van der Waals surface area contributed by atoms with Crippen molar-refractivity contribution in [1.29, 1.82) is 0 Å². The van der Waals surface area contributed by atoms with Gasteiger partial charge in [-0.05, 0) is 36.8 Å². The number of aryl methyl sites for hydroxylation is 1. The van der Waals surface area contributed by atoms with E-state index in [-0.39, 0.29) is 24.5 Å². The minimum atomic E-state index is -0.245. The van der Waals surface area contributed by atoms with Gasteiger partial charge in [0.25, 0.3) is 0 Å². The number of ketones is 1. The van der Waals surface area contributed by atoms with E-state index in [4.69, 9.17) is 9.47 Å². The Hall–Kier alpha value is -2.89. The number of anilines is 1. The van der Waals surface area contributed by atoms with Crippen LogP contribution in [0.3, 0.4) is 0 Å². The molecular formula is C18H20N2O4. The topological polar surface area (TPSA) is 77.5 Å². The highest BCUT2D eigenvalue weighted by Gasteiger charge is 2.13. The highest BCUT2D eigenvalue weighted by molar-refractivity contribution is 6.00. The molecule has 0 unspecified atom stereocenters. The van der Waals surface area contributed by atoms with Gasteiger partial charge in [-0.1, -0.05) is 6.07 Å². The zero-order valence-electron chi connectivity index (χ0n) is 14.0. The van der Waals surface area contributed by atoms with Crippen molar-refractivity contribution in [3.63, 3.8) is 0 Å². The quantitative estimate of drug-likeness (QED) is 0.791. The van der Waals surface area contributed by atoms with Gasteiger partial charge in [-0.25, -0.2) is 4.98 Å². The van der Waals surface area contributed by atoms with Crippen LogP contribution in [0, 0.1) is 6.92 Å². The average Bonchev–Trinajstić information content (AvgIpc) is 2.61. The summed E-state index contributed by atoms with van der Waals surface area (Å²) in [5, 5.41) is 2.71. The van der Waals surface area contributed by atoms with E-state index in [1.54, 1.807) is 30.5 Å². The summed E-state index contributed by atoms with van der Waals surface area (Å²) in [5.74, 6) is 1.17. The number of amides is 1. The lowest BCUT2D eigenvalue weighted by Crippen LogP contribution is -2.15. The number of rotatable bonds is 7.